The van der Waals surface area contributed by atoms with Crippen molar-refractivity contribution in [1.29, 1.82) is 0 Å². The summed E-state index contributed by atoms with van der Waals surface area (Å²) in [5.74, 6) is -1.10. The molecule has 0 aliphatic heterocycles. The van der Waals surface area contributed by atoms with Crippen molar-refractivity contribution in [1.82, 2.24) is 0 Å². The summed E-state index contributed by atoms with van der Waals surface area (Å²) >= 11 is 1.79. The van der Waals surface area contributed by atoms with E-state index in [2.05, 4.69) is 0 Å². The van der Waals surface area contributed by atoms with Gasteiger partial charge in [0.1, 0.15) is 0 Å². The van der Waals surface area contributed by atoms with Gasteiger partial charge in [-0.2, -0.15) is 13.2 Å². The number of aliphatic carboxylic acids is 1. The van der Waals surface area contributed by atoms with Crippen LogP contribution in [-0.4, -0.2) is 11.1 Å². The van der Waals surface area contributed by atoms with Crippen LogP contribution in [0.15, 0.2) is 18.2 Å². The Kier molecular flexibility index (Phi) is 4.17. The lowest BCUT2D eigenvalue weighted by Crippen LogP contribution is -2.10. The second-order valence-electron chi connectivity index (χ2n) is 3.19. The minimum atomic E-state index is -4.44. The Morgan fingerprint density at radius 3 is 2.50 bits per heavy atom. The zero-order valence-electron chi connectivity index (χ0n) is 8.01. The van der Waals surface area contributed by atoms with Gasteiger partial charge in [-0.05, 0) is 46.7 Å². The van der Waals surface area contributed by atoms with Gasteiger partial charge in [-0.25, -0.2) is 0 Å². The molecular weight excluding hydrogens is 336 g/mol. The molecular formula is C10H8F3IO2. The van der Waals surface area contributed by atoms with Gasteiger partial charge < -0.3 is 5.11 Å². The summed E-state index contributed by atoms with van der Waals surface area (Å²) in [7, 11) is 0. The molecule has 0 aliphatic rings. The molecule has 0 aliphatic carbocycles. The molecule has 1 rings (SSSR count). The first kappa shape index (κ1) is 13.3. The van der Waals surface area contributed by atoms with Gasteiger partial charge in [-0.1, -0.05) is 6.07 Å². The zero-order chi connectivity index (χ0) is 12.3. The smallest absolute Gasteiger partial charge is 0.416 e. The lowest BCUT2D eigenvalue weighted by Gasteiger charge is -2.12. The van der Waals surface area contributed by atoms with Crippen molar-refractivity contribution in [3.63, 3.8) is 0 Å². The fourth-order valence-corrected chi connectivity index (χ4v) is 1.76. The van der Waals surface area contributed by atoms with Crippen molar-refractivity contribution in [2.75, 3.05) is 0 Å². The van der Waals surface area contributed by atoms with Gasteiger partial charge in [0.2, 0.25) is 0 Å². The molecule has 88 valence electrons. The van der Waals surface area contributed by atoms with Crippen LogP contribution in [0.4, 0.5) is 13.2 Å². The number of rotatable bonds is 3. The van der Waals surface area contributed by atoms with Crippen molar-refractivity contribution in [2.24, 2.45) is 0 Å². The molecule has 0 fully saturated rings. The molecule has 0 unspecified atom stereocenters. The molecule has 0 spiro atoms. The van der Waals surface area contributed by atoms with Crippen LogP contribution >= 0.6 is 22.6 Å². The van der Waals surface area contributed by atoms with E-state index in [4.69, 9.17) is 5.11 Å². The standard InChI is InChI=1S/C10H8F3IO2/c11-10(12,13)8-5-7(14)3-1-6(8)2-4-9(15)16/h1,3,5H,2,4H2,(H,15,16). The number of halogens is 4. The van der Waals surface area contributed by atoms with E-state index in [1.165, 1.54) is 12.1 Å². The molecule has 1 aromatic carbocycles. The second kappa shape index (κ2) is 5.03. The number of carboxylic acid groups (broad SMARTS) is 1. The maximum absolute atomic E-state index is 12.6. The molecule has 0 saturated heterocycles. The van der Waals surface area contributed by atoms with E-state index >= 15 is 0 Å². The largest absolute Gasteiger partial charge is 0.481 e. The molecule has 0 aromatic heterocycles. The van der Waals surface area contributed by atoms with Crippen LogP contribution in [0.5, 0.6) is 0 Å². The Morgan fingerprint density at radius 2 is 2.00 bits per heavy atom. The highest BCUT2D eigenvalue weighted by Gasteiger charge is 2.33. The fourth-order valence-electron chi connectivity index (χ4n) is 1.27. The normalized spacial score (nSPS) is 11.5. The molecule has 0 saturated carbocycles. The van der Waals surface area contributed by atoms with Gasteiger partial charge in [0.15, 0.2) is 0 Å². The Morgan fingerprint density at radius 1 is 1.38 bits per heavy atom. The van der Waals surface area contributed by atoms with Crippen LogP contribution in [0.2, 0.25) is 0 Å². The van der Waals surface area contributed by atoms with Crippen LogP contribution in [0.25, 0.3) is 0 Å². The summed E-state index contributed by atoms with van der Waals surface area (Å²) in [5, 5.41) is 8.44. The SMILES string of the molecule is O=C(O)CCc1ccc(I)cc1C(F)(F)F. The highest BCUT2D eigenvalue weighted by Crippen LogP contribution is 2.33. The third-order valence-electron chi connectivity index (χ3n) is 1.99. The first-order valence-corrected chi connectivity index (χ1v) is 5.46. The number of aryl methyl sites for hydroxylation is 1. The van der Waals surface area contributed by atoms with Crippen molar-refractivity contribution in [3.05, 3.63) is 32.9 Å². The molecule has 1 aromatic rings. The van der Waals surface area contributed by atoms with Gasteiger partial charge >= 0.3 is 12.1 Å². The Bertz CT molecular complexity index is 402. The van der Waals surface area contributed by atoms with Crippen molar-refractivity contribution in [3.8, 4) is 0 Å². The minimum absolute atomic E-state index is 0.0234. The van der Waals surface area contributed by atoms with Crippen LogP contribution < -0.4 is 0 Å². The predicted molar refractivity (Wildman–Crippen MR) is 60.1 cm³/mol. The zero-order valence-corrected chi connectivity index (χ0v) is 10.2. The molecule has 0 heterocycles. The van der Waals surface area contributed by atoms with E-state index in [-0.39, 0.29) is 18.4 Å². The summed E-state index contributed by atoms with van der Waals surface area (Å²) in [6.07, 6.45) is -4.85. The highest BCUT2D eigenvalue weighted by atomic mass is 127. The van der Waals surface area contributed by atoms with Gasteiger partial charge in [0.05, 0.1) is 5.56 Å². The van der Waals surface area contributed by atoms with E-state index in [0.717, 1.165) is 6.07 Å². The summed E-state index contributed by atoms with van der Waals surface area (Å²) in [4.78, 5) is 10.3. The second-order valence-corrected chi connectivity index (χ2v) is 4.44. The molecule has 6 heteroatoms. The maximum Gasteiger partial charge on any atom is 0.416 e. The third-order valence-corrected chi connectivity index (χ3v) is 2.66. The van der Waals surface area contributed by atoms with E-state index < -0.39 is 17.7 Å². The molecule has 0 bridgehead atoms. The maximum atomic E-state index is 12.6. The van der Waals surface area contributed by atoms with Crippen LogP contribution in [0.3, 0.4) is 0 Å². The summed E-state index contributed by atoms with van der Waals surface area (Å²) in [6, 6.07) is 3.89. The predicted octanol–water partition coefficient (Wildman–Crippen LogP) is 3.33. The van der Waals surface area contributed by atoms with E-state index in [1.807, 2.05) is 0 Å². The summed E-state index contributed by atoms with van der Waals surface area (Å²) in [6.45, 7) is 0. The number of benzene rings is 1. The van der Waals surface area contributed by atoms with Crippen molar-refractivity contribution < 1.29 is 23.1 Å². The molecule has 1 N–H and O–H groups in total. The first-order valence-electron chi connectivity index (χ1n) is 4.38. The molecule has 16 heavy (non-hydrogen) atoms. The van der Waals surface area contributed by atoms with E-state index in [1.54, 1.807) is 22.6 Å². The van der Waals surface area contributed by atoms with Gasteiger partial charge in [-0.3, -0.25) is 4.79 Å². The van der Waals surface area contributed by atoms with Crippen LogP contribution in [0, 0.1) is 3.57 Å². The van der Waals surface area contributed by atoms with Gasteiger partial charge in [0.25, 0.3) is 0 Å². The Balaban J connectivity index is 3.03. The van der Waals surface area contributed by atoms with Crippen LogP contribution in [-0.2, 0) is 17.4 Å². The quantitative estimate of drug-likeness (QED) is 0.855. The molecule has 0 amide bonds. The number of carboxylic acids is 1. The number of hydrogen-bond acceptors (Lipinski definition) is 1. The average molecular weight is 344 g/mol. The van der Waals surface area contributed by atoms with Crippen molar-refractivity contribution >= 4 is 28.6 Å². The monoisotopic (exact) mass is 344 g/mol. The van der Waals surface area contributed by atoms with Gasteiger partial charge in [0, 0.05) is 9.99 Å². The summed E-state index contributed by atoms with van der Waals surface area (Å²) < 4.78 is 38.3. The summed E-state index contributed by atoms with van der Waals surface area (Å²) in [5.41, 5.74) is -0.726. The van der Waals surface area contributed by atoms with Gasteiger partial charge in [-0.15, -0.1) is 0 Å². The Labute approximate surface area is 104 Å². The molecule has 0 atom stereocenters. The Hall–Kier alpha value is -0.790. The first-order chi connectivity index (χ1) is 7.30. The number of carbonyl (C=O) groups is 1. The number of alkyl halides is 3. The van der Waals surface area contributed by atoms with E-state index in [9.17, 15) is 18.0 Å². The topological polar surface area (TPSA) is 37.3 Å². The third kappa shape index (κ3) is 3.66. The lowest BCUT2D eigenvalue weighted by atomic mass is 10.0. The number of hydrogen-bond donors (Lipinski definition) is 1. The molecule has 2 nitrogen and oxygen atoms in total. The van der Waals surface area contributed by atoms with E-state index in [0.29, 0.717) is 3.57 Å². The minimum Gasteiger partial charge on any atom is -0.481 e. The fraction of sp³-hybridized carbons (Fsp3) is 0.300. The molecule has 0 radical (unpaired) electrons. The van der Waals surface area contributed by atoms with Crippen molar-refractivity contribution in [2.45, 2.75) is 19.0 Å². The highest BCUT2D eigenvalue weighted by molar-refractivity contribution is 14.1. The lowest BCUT2D eigenvalue weighted by molar-refractivity contribution is -0.140. The van der Waals surface area contributed by atoms with Crippen LogP contribution in [0.1, 0.15) is 17.5 Å². The average Bonchev–Trinajstić information content (AvgIpc) is 2.14.